The van der Waals surface area contributed by atoms with Gasteiger partial charge in [-0.15, -0.1) is 23.1 Å². The fraction of sp³-hybridized carbons (Fsp3) is 0.143. The van der Waals surface area contributed by atoms with Crippen molar-refractivity contribution >= 4 is 50.6 Å². The molecule has 3 rings (SSSR count). The minimum Gasteiger partial charge on any atom is -0.347 e. The van der Waals surface area contributed by atoms with Crippen LogP contribution in [0.4, 0.5) is 5.69 Å². The summed E-state index contributed by atoms with van der Waals surface area (Å²) in [4.78, 5) is 25.2. The molecule has 0 fully saturated rings. The summed E-state index contributed by atoms with van der Waals surface area (Å²) in [7, 11) is -3.72. The lowest BCUT2D eigenvalue weighted by molar-refractivity contribution is -0.113. The minimum absolute atomic E-state index is 0.0558. The Balaban J connectivity index is 1.68. The average Bonchev–Trinajstić information content (AvgIpc) is 3.01. The molecule has 1 aromatic heterocycles. The number of sulfonamides is 1. The Hall–Kier alpha value is -1.88. The van der Waals surface area contributed by atoms with Crippen molar-refractivity contribution < 1.29 is 18.0 Å². The van der Waals surface area contributed by atoms with Gasteiger partial charge in [0.25, 0.3) is 5.91 Å². The molecule has 2 amide bonds. The summed E-state index contributed by atoms with van der Waals surface area (Å²) in [5.41, 5.74) is 1.04. The number of carbonyl (C=O) groups is 2. The highest BCUT2D eigenvalue weighted by Gasteiger charge is 2.17. The first-order chi connectivity index (χ1) is 11.3. The van der Waals surface area contributed by atoms with Gasteiger partial charge in [-0.05, 0) is 30.3 Å². The average molecular weight is 383 g/mol. The van der Waals surface area contributed by atoms with Crippen molar-refractivity contribution in [2.24, 2.45) is 5.14 Å². The molecule has 2 aromatic rings. The van der Waals surface area contributed by atoms with Crippen molar-refractivity contribution in [3.05, 3.63) is 40.8 Å². The lowest BCUT2D eigenvalue weighted by Gasteiger charge is -2.16. The van der Waals surface area contributed by atoms with Crippen LogP contribution < -0.4 is 15.8 Å². The second-order valence-corrected chi connectivity index (χ2v) is 8.97. The van der Waals surface area contributed by atoms with Crippen LogP contribution in [0.3, 0.4) is 0 Å². The quantitative estimate of drug-likeness (QED) is 0.737. The zero-order chi connectivity index (χ0) is 17.3. The van der Waals surface area contributed by atoms with E-state index in [0.717, 1.165) is 16.2 Å². The van der Waals surface area contributed by atoms with Gasteiger partial charge >= 0.3 is 0 Å². The van der Waals surface area contributed by atoms with Gasteiger partial charge in [-0.25, -0.2) is 13.6 Å². The molecule has 4 N–H and O–H groups in total. The first-order valence-electron chi connectivity index (χ1n) is 6.79. The van der Waals surface area contributed by atoms with E-state index >= 15 is 0 Å². The van der Waals surface area contributed by atoms with E-state index in [1.54, 1.807) is 24.3 Å². The Labute approximate surface area is 146 Å². The SMILES string of the molecule is NS(=O)(=O)c1ccc(CNC(=O)c2ccc3c(c2)NC(=O)CS3)s1. The van der Waals surface area contributed by atoms with Gasteiger partial charge in [0.1, 0.15) is 4.21 Å². The number of hydrogen-bond acceptors (Lipinski definition) is 6. The molecule has 0 saturated carbocycles. The molecule has 0 saturated heterocycles. The monoisotopic (exact) mass is 383 g/mol. The van der Waals surface area contributed by atoms with Gasteiger partial charge in [0, 0.05) is 15.3 Å². The summed E-state index contributed by atoms with van der Waals surface area (Å²) >= 11 is 2.43. The van der Waals surface area contributed by atoms with Crippen molar-refractivity contribution in [1.29, 1.82) is 0 Å². The Morgan fingerprint density at radius 3 is 2.79 bits per heavy atom. The summed E-state index contributed by atoms with van der Waals surface area (Å²) in [6.45, 7) is 0.192. The third kappa shape index (κ3) is 3.78. The number of nitrogens with two attached hydrogens (primary N) is 1. The van der Waals surface area contributed by atoms with E-state index in [0.29, 0.717) is 21.9 Å². The highest BCUT2D eigenvalue weighted by atomic mass is 32.2. The van der Waals surface area contributed by atoms with Crippen molar-refractivity contribution in [2.75, 3.05) is 11.1 Å². The van der Waals surface area contributed by atoms with Crippen LogP contribution in [0.5, 0.6) is 0 Å². The number of thiophene rings is 1. The maximum Gasteiger partial charge on any atom is 0.251 e. The number of rotatable bonds is 4. The maximum atomic E-state index is 12.2. The van der Waals surface area contributed by atoms with E-state index in [-0.39, 0.29) is 22.6 Å². The molecule has 1 aromatic carbocycles. The van der Waals surface area contributed by atoms with Gasteiger partial charge < -0.3 is 10.6 Å². The van der Waals surface area contributed by atoms with Gasteiger partial charge in [0.05, 0.1) is 18.0 Å². The van der Waals surface area contributed by atoms with Crippen molar-refractivity contribution in [3.8, 4) is 0 Å². The second-order valence-electron chi connectivity index (χ2n) is 5.00. The Morgan fingerprint density at radius 2 is 2.08 bits per heavy atom. The fourth-order valence-corrected chi connectivity index (χ4v) is 4.61. The molecule has 0 radical (unpaired) electrons. The lowest BCUT2D eigenvalue weighted by Crippen LogP contribution is -2.23. The zero-order valence-corrected chi connectivity index (χ0v) is 14.7. The molecule has 24 heavy (non-hydrogen) atoms. The fourth-order valence-electron chi connectivity index (χ4n) is 2.10. The van der Waals surface area contributed by atoms with E-state index < -0.39 is 10.0 Å². The summed E-state index contributed by atoms with van der Waals surface area (Å²) in [6.07, 6.45) is 0. The van der Waals surface area contributed by atoms with Crippen LogP contribution in [0.25, 0.3) is 0 Å². The Kier molecular flexibility index (Phi) is 4.63. The Morgan fingerprint density at radius 1 is 1.29 bits per heavy atom. The zero-order valence-electron chi connectivity index (χ0n) is 12.2. The van der Waals surface area contributed by atoms with Gasteiger partial charge in [0.2, 0.25) is 15.9 Å². The van der Waals surface area contributed by atoms with E-state index in [9.17, 15) is 18.0 Å². The summed E-state index contributed by atoms with van der Waals surface area (Å²) < 4.78 is 22.5. The number of thioether (sulfide) groups is 1. The van der Waals surface area contributed by atoms with Gasteiger partial charge in [-0.1, -0.05) is 0 Å². The predicted molar refractivity (Wildman–Crippen MR) is 92.7 cm³/mol. The van der Waals surface area contributed by atoms with Crippen LogP contribution >= 0.6 is 23.1 Å². The number of anilines is 1. The topological polar surface area (TPSA) is 118 Å². The van der Waals surface area contributed by atoms with Crippen molar-refractivity contribution in [2.45, 2.75) is 15.6 Å². The predicted octanol–water partition coefficient (Wildman–Crippen LogP) is 1.37. The number of carbonyl (C=O) groups excluding carboxylic acids is 2. The van der Waals surface area contributed by atoms with E-state index in [2.05, 4.69) is 10.6 Å². The number of amides is 2. The first kappa shape index (κ1) is 17.0. The summed E-state index contributed by atoms with van der Waals surface area (Å²) in [5, 5.41) is 10.5. The van der Waals surface area contributed by atoms with Crippen LogP contribution in [0, 0.1) is 0 Å². The van der Waals surface area contributed by atoms with Gasteiger partial charge in [-0.3, -0.25) is 9.59 Å². The standard InChI is InChI=1S/C14H13N3O4S3/c15-24(20,21)13-4-2-9(23-13)6-16-14(19)8-1-3-11-10(5-8)17-12(18)7-22-11/h1-5H,6-7H2,(H,16,19)(H,17,18)(H2,15,20,21). The van der Waals surface area contributed by atoms with Crippen molar-refractivity contribution in [1.82, 2.24) is 5.32 Å². The van der Waals surface area contributed by atoms with Crippen LogP contribution in [-0.2, 0) is 21.4 Å². The molecule has 0 atom stereocenters. The van der Waals surface area contributed by atoms with E-state index in [1.165, 1.54) is 17.8 Å². The smallest absolute Gasteiger partial charge is 0.251 e. The molecule has 0 unspecified atom stereocenters. The second kappa shape index (κ2) is 6.55. The number of benzene rings is 1. The Bertz CT molecular complexity index is 921. The molecule has 7 nitrogen and oxygen atoms in total. The molecule has 126 valence electrons. The highest BCUT2D eigenvalue weighted by molar-refractivity contribution is 8.00. The third-order valence-corrected chi connectivity index (χ3v) is 6.81. The molecular weight excluding hydrogens is 370 g/mol. The lowest BCUT2D eigenvalue weighted by atomic mass is 10.2. The first-order valence-corrected chi connectivity index (χ1v) is 10.1. The summed E-state index contributed by atoms with van der Waals surface area (Å²) in [6, 6.07) is 8.11. The molecule has 0 spiro atoms. The minimum atomic E-state index is -3.72. The molecule has 1 aliphatic heterocycles. The molecule has 0 bridgehead atoms. The van der Waals surface area contributed by atoms with Crippen LogP contribution in [-0.4, -0.2) is 26.0 Å². The van der Waals surface area contributed by atoms with Gasteiger partial charge in [0.15, 0.2) is 0 Å². The number of primary sulfonamides is 1. The van der Waals surface area contributed by atoms with Crippen molar-refractivity contribution in [3.63, 3.8) is 0 Å². The number of fused-ring (bicyclic) bond motifs is 1. The largest absolute Gasteiger partial charge is 0.347 e. The van der Waals surface area contributed by atoms with Crippen LogP contribution in [0.1, 0.15) is 15.2 Å². The van der Waals surface area contributed by atoms with Crippen LogP contribution in [0.15, 0.2) is 39.4 Å². The van der Waals surface area contributed by atoms with Crippen LogP contribution in [0.2, 0.25) is 0 Å². The normalized spacial score (nSPS) is 14.0. The molecular formula is C14H13N3O4S3. The summed E-state index contributed by atoms with van der Waals surface area (Å²) in [5.74, 6) is -0.0455. The van der Waals surface area contributed by atoms with E-state index in [1.807, 2.05) is 0 Å². The van der Waals surface area contributed by atoms with E-state index in [4.69, 9.17) is 5.14 Å². The third-order valence-electron chi connectivity index (χ3n) is 3.22. The highest BCUT2D eigenvalue weighted by Crippen LogP contribution is 2.32. The number of nitrogens with one attached hydrogen (secondary N) is 2. The molecule has 10 heteroatoms. The molecule has 2 heterocycles. The maximum absolute atomic E-state index is 12.2. The molecule has 1 aliphatic rings. The number of hydrogen-bond donors (Lipinski definition) is 3. The van der Waals surface area contributed by atoms with Gasteiger partial charge in [-0.2, -0.15) is 0 Å². The molecule has 0 aliphatic carbocycles.